The Balaban J connectivity index is 2.37. The van der Waals surface area contributed by atoms with Gasteiger partial charge in [-0.15, -0.1) is 0 Å². The molecule has 1 aromatic carbocycles. The van der Waals surface area contributed by atoms with E-state index in [9.17, 15) is 9.59 Å². The van der Waals surface area contributed by atoms with Crippen molar-refractivity contribution in [3.8, 4) is 11.5 Å². The highest BCUT2D eigenvalue weighted by Gasteiger charge is 2.12. The van der Waals surface area contributed by atoms with Crippen LogP contribution >= 0.6 is 0 Å². The molecular weight excluding hydrogens is 308 g/mol. The molecule has 0 aliphatic carbocycles. The molecule has 0 fully saturated rings. The van der Waals surface area contributed by atoms with Crippen molar-refractivity contribution in [1.82, 2.24) is 0 Å². The van der Waals surface area contributed by atoms with Gasteiger partial charge in [0.15, 0.2) is 11.5 Å². The summed E-state index contributed by atoms with van der Waals surface area (Å²) >= 11 is 0. The molecule has 0 spiro atoms. The average molecular weight is 334 g/mol. The highest BCUT2D eigenvalue weighted by atomic mass is 16.6. The predicted octanol–water partition coefficient (Wildman–Crippen LogP) is 4.06. The normalized spacial score (nSPS) is 10.2. The lowest BCUT2D eigenvalue weighted by Crippen LogP contribution is -2.12. The van der Waals surface area contributed by atoms with Gasteiger partial charge >= 0.3 is 11.9 Å². The number of benzene rings is 1. The molecule has 0 saturated heterocycles. The van der Waals surface area contributed by atoms with Crippen molar-refractivity contribution >= 4 is 11.9 Å². The fourth-order valence-corrected chi connectivity index (χ4v) is 1.81. The zero-order valence-corrected chi connectivity index (χ0v) is 14.8. The molecule has 0 saturated carbocycles. The van der Waals surface area contributed by atoms with E-state index in [0.29, 0.717) is 17.9 Å². The first kappa shape index (κ1) is 19.7. The van der Waals surface area contributed by atoms with Crippen molar-refractivity contribution in [3.63, 3.8) is 0 Å². The summed E-state index contributed by atoms with van der Waals surface area (Å²) in [5, 5.41) is 0. The molecule has 0 aliphatic heterocycles. The van der Waals surface area contributed by atoms with Crippen molar-refractivity contribution in [2.24, 2.45) is 0 Å². The van der Waals surface area contributed by atoms with Gasteiger partial charge in [0.2, 0.25) is 0 Å². The second-order valence-electron chi connectivity index (χ2n) is 5.91. The van der Waals surface area contributed by atoms with E-state index in [0.717, 1.165) is 5.57 Å². The fraction of sp³-hybridized carbons (Fsp3) is 0.474. The van der Waals surface area contributed by atoms with Crippen LogP contribution in [0.5, 0.6) is 11.5 Å². The number of para-hydroxylation sites is 2. The first-order valence-electron chi connectivity index (χ1n) is 8.14. The maximum atomic E-state index is 11.9. The van der Waals surface area contributed by atoms with Gasteiger partial charge in [-0.05, 0) is 52.3 Å². The summed E-state index contributed by atoms with van der Waals surface area (Å²) in [5.74, 6) is 0.208. The van der Waals surface area contributed by atoms with Crippen LogP contribution in [0.15, 0.2) is 35.9 Å². The van der Waals surface area contributed by atoms with Gasteiger partial charge in [0.05, 0.1) is 6.10 Å². The first-order valence-corrected chi connectivity index (χ1v) is 8.14. The van der Waals surface area contributed by atoms with Crippen molar-refractivity contribution < 1.29 is 23.8 Å². The number of hydrogen-bond acceptors (Lipinski definition) is 5. The van der Waals surface area contributed by atoms with E-state index >= 15 is 0 Å². The molecule has 0 heterocycles. The van der Waals surface area contributed by atoms with Crippen molar-refractivity contribution in [3.05, 3.63) is 35.9 Å². The summed E-state index contributed by atoms with van der Waals surface area (Å²) in [6, 6.07) is 7.03. The average Bonchev–Trinajstić information content (AvgIpc) is 2.48. The molecule has 0 atom stereocenters. The van der Waals surface area contributed by atoms with Gasteiger partial charge in [-0.25, -0.2) is 0 Å². The third kappa shape index (κ3) is 8.36. The molecule has 0 unspecified atom stereocenters. The van der Waals surface area contributed by atoms with Gasteiger partial charge in [0, 0.05) is 12.8 Å². The number of allylic oxidation sites excluding steroid dienone is 1. The lowest BCUT2D eigenvalue weighted by Gasteiger charge is -2.13. The molecule has 1 rings (SSSR count). The van der Waals surface area contributed by atoms with E-state index in [1.807, 2.05) is 39.8 Å². The quantitative estimate of drug-likeness (QED) is 0.387. The van der Waals surface area contributed by atoms with Gasteiger partial charge in [-0.3, -0.25) is 9.59 Å². The lowest BCUT2D eigenvalue weighted by molar-refractivity contribution is -0.142. The van der Waals surface area contributed by atoms with E-state index in [4.69, 9.17) is 14.2 Å². The van der Waals surface area contributed by atoms with E-state index in [-0.39, 0.29) is 31.5 Å². The minimum absolute atomic E-state index is 0.0135. The molecule has 1 aromatic rings. The monoisotopic (exact) mass is 334 g/mol. The molecule has 0 bridgehead atoms. The van der Waals surface area contributed by atoms with Gasteiger partial charge in [-0.1, -0.05) is 17.7 Å². The van der Waals surface area contributed by atoms with Crippen LogP contribution in [0.4, 0.5) is 0 Å². The van der Waals surface area contributed by atoms with Crippen LogP contribution in [0, 0.1) is 0 Å². The van der Waals surface area contributed by atoms with E-state index in [1.54, 1.807) is 18.2 Å². The zero-order valence-electron chi connectivity index (χ0n) is 14.8. The van der Waals surface area contributed by atoms with Crippen LogP contribution in [-0.4, -0.2) is 24.6 Å². The molecular formula is C19H26O5. The van der Waals surface area contributed by atoms with Crippen LogP contribution in [0.25, 0.3) is 0 Å². The van der Waals surface area contributed by atoms with E-state index < -0.39 is 5.97 Å². The van der Waals surface area contributed by atoms with Crippen LogP contribution < -0.4 is 9.47 Å². The Hall–Kier alpha value is -2.30. The Bertz CT molecular complexity index is 571. The van der Waals surface area contributed by atoms with Gasteiger partial charge in [-0.2, -0.15) is 0 Å². The minimum atomic E-state index is -0.396. The van der Waals surface area contributed by atoms with Crippen LogP contribution in [0.1, 0.15) is 47.0 Å². The van der Waals surface area contributed by atoms with E-state index in [1.165, 1.54) is 0 Å². The summed E-state index contributed by atoms with van der Waals surface area (Å²) < 4.78 is 15.9. The van der Waals surface area contributed by atoms with Crippen molar-refractivity contribution in [2.75, 3.05) is 6.61 Å². The van der Waals surface area contributed by atoms with E-state index in [2.05, 4.69) is 0 Å². The van der Waals surface area contributed by atoms with Gasteiger partial charge < -0.3 is 14.2 Å². The standard InChI is InChI=1S/C19H26O5/c1-14(2)12-13-22-18(20)10-7-11-19(21)24-17-9-6-5-8-16(17)23-15(3)4/h5-6,8-9,12,15H,7,10-11,13H2,1-4H3. The molecule has 5 heteroatoms. The summed E-state index contributed by atoms with van der Waals surface area (Å²) in [7, 11) is 0. The summed E-state index contributed by atoms with van der Waals surface area (Å²) in [5.41, 5.74) is 1.09. The third-order valence-corrected chi connectivity index (χ3v) is 2.93. The number of carbonyl (C=O) groups excluding carboxylic acids is 2. The molecule has 24 heavy (non-hydrogen) atoms. The van der Waals surface area contributed by atoms with Crippen LogP contribution in [0.2, 0.25) is 0 Å². The Morgan fingerprint density at radius 3 is 2.29 bits per heavy atom. The largest absolute Gasteiger partial charge is 0.487 e. The number of hydrogen-bond donors (Lipinski definition) is 0. The SMILES string of the molecule is CC(C)=CCOC(=O)CCCC(=O)Oc1ccccc1OC(C)C. The fourth-order valence-electron chi connectivity index (χ4n) is 1.81. The number of rotatable bonds is 9. The van der Waals surface area contributed by atoms with Crippen LogP contribution in [-0.2, 0) is 14.3 Å². The smallest absolute Gasteiger partial charge is 0.311 e. The lowest BCUT2D eigenvalue weighted by atomic mass is 10.2. The molecule has 132 valence electrons. The third-order valence-electron chi connectivity index (χ3n) is 2.93. The number of esters is 2. The molecule has 5 nitrogen and oxygen atoms in total. The summed E-state index contributed by atoms with van der Waals surface area (Å²) in [4.78, 5) is 23.4. The summed E-state index contributed by atoms with van der Waals surface area (Å²) in [6.45, 7) is 7.94. The highest BCUT2D eigenvalue weighted by molar-refractivity contribution is 5.74. The number of ether oxygens (including phenoxy) is 3. The predicted molar refractivity (Wildman–Crippen MR) is 92.1 cm³/mol. The second kappa shape index (κ2) is 10.5. The highest BCUT2D eigenvalue weighted by Crippen LogP contribution is 2.27. The zero-order chi connectivity index (χ0) is 17.9. The maximum absolute atomic E-state index is 11.9. The van der Waals surface area contributed by atoms with Gasteiger partial charge in [0.1, 0.15) is 6.61 Å². The second-order valence-corrected chi connectivity index (χ2v) is 5.91. The molecule has 0 amide bonds. The Kier molecular flexibility index (Phi) is 8.61. The molecule has 0 radical (unpaired) electrons. The molecule has 0 aromatic heterocycles. The topological polar surface area (TPSA) is 61.8 Å². The van der Waals surface area contributed by atoms with Crippen molar-refractivity contribution in [2.45, 2.75) is 53.1 Å². The Labute approximate surface area is 143 Å². The van der Waals surface area contributed by atoms with Crippen molar-refractivity contribution in [1.29, 1.82) is 0 Å². The Morgan fingerprint density at radius 2 is 1.67 bits per heavy atom. The molecule has 0 N–H and O–H groups in total. The maximum Gasteiger partial charge on any atom is 0.311 e. The molecule has 0 aliphatic rings. The van der Waals surface area contributed by atoms with Crippen LogP contribution in [0.3, 0.4) is 0 Å². The summed E-state index contributed by atoms with van der Waals surface area (Å²) in [6.07, 6.45) is 2.54. The van der Waals surface area contributed by atoms with Gasteiger partial charge in [0.25, 0.3) is 0 Å². The minimum Gasteiger partial charge on any atom is -0.487 e. The number of carbonyl (C=O) groups is 2. The first-order chi connectivity index (χ1) is 11.4. The Morgan fingerprint density at radius 1 is 1.04 bits per heavy atom.